The minimum Gasteiger partial charge on any atom is -0.511 e. The van der Waals surface area contributed by atoms with Gasteiger partial charge in [0.05, 0.1) is 19.8 Å². The van der Waals surface area contributed by atoms with E-state index in [0.717, 1.165) is 0 Å². The summed E-state index contributed by atoms with van der Waals surface area (Å²) in [6, 6.07) is 4.78. The van der Waals surface area contributed by atoms with E-state index >= 15 is 0 Å². The van der Waals surface area contributed by atoms with E-state index in [1.165, 1.54) is 33.5 Å². The molecular weight excluding hydrogens is 324 g/mol. The summed E-state index contributed by atoms with van der Waals surface area (Å²) in [5.74, 6) is 0.0973. The summed E-state index contributed by atoms with van der Waals surface area (Å²) >= 11 is 0. The maximum absolute atomic E-state index is 12.5. The maximum Gasteiger partial charge on any atom is 0.192 e. The Labute approximate surface area is 146 Å². The Morgan fingerprint density at radius 2 is 1.92 bits per heavy atom. The van der Waals surface area contributed by atoms with Crippen molar-refractivity contribution >= 4 is 11.9 Å². The lowest BCUT2D eigenvalue weighted by atomic mass is 9.89. The first-order chi connectivity index (χ1) is 11.8. The molecule has 0 saturated carbocycles. The molecule has 6 nitrogen and oxygen atoms in total. The zero-order chi connectivity index (χ0) is 18.6. The van der Waals surface area contributed by atoms with Crippen LogP contribution in [0.4, 0.5) is 0 Å². The highest BCUT2D eigenvalue weighted by Gasteiger charge is 2.34. The number of aliphatic hydroxyl groups excluding tert-OH is 1. The molecule has 0 spiro atoms. The Bertz CT molecular complexity index is 759. The molecule has 1 atom stereocenters. The van der Waals surface area contributed by atoms with Gasteiger partial charge < -0.3 is 24.4 Å². The van der Waals surface area contributed by atoms with E-state index < -0.39 is 11.4 Å². The first-order valence-corrected chi connectivity index (χ1v) is 7.67. The minimum absolute atomic E-state index is 0.0230. The number of benzene rings is 1. The van der Waals surface area contributed by atoms with Gasteiger partial charge in [0, 0.05) is 13.5 Å². The van der Waals surface area contributed by atoms with Gasteiger partial charge in [-0.15, -0.1) is 0 Å². The van der Waals surface area contributed by atoms with E-state index in [9.17, 15) is 15.0 Å². The lowest BCUT2D eigenvalue weighted by Crippen LogP contribution is -2.31. The van der Waals surface area contributed by atoms with Gasteiger partial charge >= 0.3 is 0 Å². The number of hydrogen-bond donors (Lipinski definition) is 2. The van der Waals surface area contributed by atoms with Gasteiger partial charge in [0.25, 0.3) is 0 Å². The van der Waals surface area contributed by atoms with Crippen LogP contribution in [-0.4, -0.2) is 42.9 Å². The van der Waals surface area contributed by atoms with Crippen LogP contribution in [-0.2, 0) is 14.3 Å². The number of phenolic OH excluding ortho intramolecular Hbond substituents is 1. The summed E-state index contributed by atoms with van der Waals surface area (Å²) in [7, 11) is 4.41. The average Bonchev–Trinajstić information content (AvgIpc) is 2.59. The molecule has 1 aliphatic carbocycles. The fourth-order valence-electron chi connectivity index (χ4n) is 2.59. The van der Waals surface area contributed by atoms with E-state index in [2.05, 4.69) is 0 Å². The molecule has 25 heavy (non-hydrogen) atoms. The molecule has 0 heterocycles. The second-order valence-electron chi connectivity index (χ2n) is 5.86. The molecule has 0 radical (unpaired) electrons. The predicted octanol–water partition coefficient (Wildman–Crippen LogP) is 3.13. The number of methoxy groups -OCH3 is 3. The van der Waals surface area contributed by atoms with E-state index in [4.69, 9.17) is 14.2 Å². The lowest BCUT2D eigenvalue weighted by molar-refractivity contribution is -0.111. The topological polar surface area (TPSA) is 85.2 Å². The summed E-state index contributed by atoms with van der Waals surface area (Å²) in [6.45, 7) is 1.79. The Morgan fingerprint density at radius 1 is 1.20 bits per heavy atom. The van der Waals surface area contributed by atoms with Crippen LogP contribution in [0.1, 0.15) is 18.9 Å². The average molecular weight is 346 g/mol. The van der Waals surface area contributed by atoms with Crippen LogP contribution in [0.25, 0.3) is 6.08 Å². The van der Waals surface area contributed by atoms with Crippen LogP contribution in [0.2, 0.25) is 0 Å². The molecule has 2 N–H and O–H groups in total. The quantitative estimate of drug-likeness (QED) is 0.770. The number of aliphatic hydroxyl groups is 1. The van der Waals surface area contributed by atoms with E-state index in [0.29, 0.717) is 11.3 Å². The van der Waals surface area contributed by atoms with Crippen LogP contribution in [0.3, 0.4) is 0 Å². The number of ketones is 1. The Hall–Kier alpha value is -2.73. The lowest BCUT2D eigenvalue weighted by Gasteiger charge is -2.30. The Balaban J connectivity index is 2.26. The molecule has 1 unspecified atom stereocenters. The third-order valence-electron chi connectivity index (χ3n) is 4.05. The molecule has 0 saturated heterocycles. The monoisotopic (exact) mass is 346 g/mol. The van der Waals surface area contributed by atoms with Crippen molar-refractivity contribution in [2.75, 3.05) is 21.3 Å². The Morgan fingerprint density at radius 3 is 2.48 bits per heavy atom. The van der Waals surface area contributed by atoms with Gasteiger partial charge in [-0.1, -0.05) is 12.1 Å². The van der Waals surface area contributed by atoms with Crippen LogP contribution in [0, 0.1) is 0 Å². The molecule has 0 aromatic heterocycles. The van der Waals surface area contributed by atoms with Crippen molar-refractivity contribution in [2.45, 2.75) is 18.9 Å². The molecule has 2 rings (SSSR count). The number of carbonyl (C=O) groups is 1. The van der Waals surface area contributed by atoms with Gasteiger partial charge in [0.1, 0.15) is 17.1 Å². The number of carbonyl (C=O) groups excluding carboxylic acids is 1. The fraction of sp³-hybridized carbons (Fsp3) is 0.316. The smallest absolute Gasteiger partial charge is 0.192 e. The minimum atomic E-state index is -0.731. The number of rotatable bonds is 6. The van der Waals surface area contributed by atoms with Crippen LogP contribution in [0.15, 0.2) is 47.4 Å². The Kier molecular flexibility index (Phi) is 5.54. The molecule has 1 aromatic rings. The molecule has 1 aromatic carbocycles. The molecular formula is C19H22O6. The zero-order valence-corrected chi connectivity index (χ0v) is 14.7. The highest BCUT2D eigenvalue weighted by molar-refractivity contribution is 6.09. The van der Waals surface area contributed by atoms with Crippen molar-refractivity contribution in [1.29, 1.82) is 0 Å². The number of phenols is 1. The van der Waals surface area contributed by atoms with E-state index in [1.807, 2.05) is 0 Å². The SMILES string of the molecule is COC1=CC(C)(OC)CC(O)=C1C(=O)/C=C/c1ccc(OC)c(O)c1. The molecule has 1 aliphatic rings. The molecule has 134 valence electrons. The van der Waals surface area contributed by atoms with Gasteiger partial charge in [-0.3, -0.25) is 4.79 Å². The molecule has 0 bridgehead atoms. The number of allylic oxidation sites excluding steroid dienone is 2. The van der Waals surface area contributed by atoms with Crippen molar-refractivity contribution in [3.63, 3.8) is 0 Å². The molecule has 0 aliphatic heterocycles. The standard InChI is InChI=1S/C19H22O6/c1-19(25-4)10-15(22)18(17(11-19)24-3)13(20)7-5-12-6-8-16(23-2)14(21)9-12/h5-9,11,21-22H,10H2,1-4H3/b7-5+. The highest BCUT2D eigenvalue weighted by Crippen LogP contribution is 2.33. The van der Waals surface area contributed by atoms with Crippen LogP contribution in [0.5, 0.6) is 11.5 Å². The van der Waals surface area contributed by atoms with Crippen molar-refractivity contribution in [3.8, 4) is 11.5 Å². The van der Waals surface area contributed by atoms with Crippen molar-refractivity contribution in [3.05, 3.63) is 53.0 Å². The second-order valence-corrected chi connectivity index (χ2v) is 5.86. The predicted molar refractivity (Wildman–Crippen MR) is 93.5 cm³/mol. The van der Waals surface area contributed by atoms with Crippen molar-refractivity contribution in [1.82, 2.24) is 0 Å². The van der Waals surface area contributed by atoms with Crippen molar-refractivity contribution in [2.24, 2.45) is 0 Å². The number of aromatic hydroxyl groups is 1. The normalized spacial score (nSPS) is 20.6. The molecule has 6 heteroatoms. The van der Waals surface area contributed by atoms with Gasteiger partial charge in [0.2, 0.25) is 0 Å². The number of hydrogen-bond acceptors (Lipinski definition) is 6. The van der Waals surface area contributed by atoms with E-state index in [-0.39, 0.29) is 29.3 Å². The maximum atomic E-state index is 12.5. The summed E-state index contributed by atoms with van der Waals surface area (Å²) < 4.78 is 15.6. The summed E-state index contributed by atoms with van der Waals surface area (Å²) in [6.07, 6.45) is 4.70. The molecule has 0 amide bonds. The highest BCUT2D eigenvalue weighted by atomic mass is 16.5. The first kappa shape index (κ1) is 18.6. The summed E-state index contributed by atoms with van der Waals surface area (Å²) in [4.78, 5) is 12.5. The van der Waals surface area contributed by atoms with Gasteiger partial charge in [-0.05, 0) is 36.8 Å². The summed E-state index contributed by atoms with van der Waals surface area (Å²) in [5, 5.41) is 20.1. The van der Waals surface area contributed by atoms with Crippen molar-refractivity contribution < 1.29 is 29.2 Å². The summed E-state index contributed by atoms with van der Waals surface area (Å²) in [5.41, 5.74) is -0.0109. The van der Waals surface area contributed by atoms with Gasteiger partial charge in [-0.2, -0.15) is 0 Å². The third-order valence-corrected chi connectivity index (χ3v) is 4.05. The second kappa shape index (κ2) is 7.44. The third kappa shape index (κ3) is 4.03. The fourth-order valence-corrected chi connectivity index (χ4v) is 2.59. The largest absolute Gasteiger partial charge is 0.511 e. The van der Waals surface area contributed by atoms with Gasteiger partial charge in [0.15, 0.2) is 17.3 Å². The van der Waals surface area contributed by atoms with Crippen LogP contribution < -0.4 is 4.74 Å². The van der Waals surface area contributed by atoms with E-state index in [1.54, 1.807) is 31.2 Å². The zero-order valence-electron chi connectivity index (χ0n) is 14.7. The first-order valence-electron chi connectivity index (χ1n) is 7.67. The number of ether oxygens (including phenoxy) is 3. The van der Waals surface area contributed by atoms with Gasteiger partial charge in [-0.25, -0.2) is 0 Å². The molecule has 0 fully saturated rings. The van der Waals surface area contributed by atoms with Crippen LogP contribution >= 0.6 is 0 Å².